The molecule has 0 aromatic heterocycles. The molecule has 0 aliphatic carbocycles. The molecule has 2 atom stereocenters. The fraction of sp³-hybridized carbons (Fsp3) is 0.212. The van der Waals surface area contributed by atoms with Crippen LogP contribution in [-0.2, 0) is 33.4 Å². The molecule has 1 aliphatic rings. The molecule has 9 heteroatoms. The van der Waals surface area contributed by atoms with Gasteiger partial charge in [0, 0.05) is 11.1 Å². The van der Waals surface area contributed by atoms with Gasteiger partial charge in [0.25, 0.3) is 0 Å². The Balaban J connectivity index is 1.53. The Kier molecular flexibility index (Phi) is 8.20. The quantitative estimate of drug-likeness (QED) is 0.200. The number of rotatable bonds is 8. The van der Waals surface area contributed by atoms with E-state index in [1.165, 1.54) is 18.1 Å². The van der Waals surface area contributed by atoms with Crippen molar-refractivity contribution in [2.24, 2.45) is 0 Å². The van der Waals surface area contributed by atoms with E-state index in [-0.39, 0.29) is 24.3 Å². The summed E-state index contributed by atoms with van der Waals surface area (Å²) >= 11 is 0. The van der Waals surface area contributed by atoms with Gasteiger partial charge in [-0.2, -0.15) is 13.2 Å². The summed E-state index contributed by atoms with van der Waals surface area (Å²) in [6, 6.07) is 26.5. The number of halogens is 3. The molecule has 1 amide bonds. The van der Waals surface area contributed by atoms with Crippen molar-refractivity contribution >= 4 is 12.1 Å². The topological polar surface area (TPSA) is 65.1 Å². The van der Waals surface area contributed by atoms with E-state index in [0.29, 0.717) is 16.9 Å². The highest BCUT2D eigenvalue weighted by Crippen LogP contribution is 2.40. The van der Waals surface area contributed by atoms with Gasteiger partial charge in [-0.25, -0.2) is 4.79 Å². The summed E-state index contributed by atoms with van der Waals surface area (Å²) < 4.78 is 58.1. The zero-order valence-corrected chi connectivity index (χ0v) is 22.9. The highest BCUT2D eigenvalue weighted by atomic mass is 19.4. The molecule has 0 bridgehead atoms. The van der Waals surface area contributed by atoms with Gasteiger partial charge in [-0.3, -0.25) is 9.69 Å². The SMILES string of the molecule is COC(=O)Cc1ccc(-c2ccccc2)c(Oc2ccc(C(F)(F)F)cc2CN2C(=O)O[C@@H](c3ccccc3)[C@H]2C)c1. The van der Waals surface area contributed by atoms with Crippen molar-refractivity contribution in [2.45, 2.75) is 38.2 Å². The van der Waals surface area contributed by atoms with Gasteiger partial charge in [0.2, 0.25) is 0 Å². The number of alkyl halides is 3. The molecule has 0 radical (unpaired) electrons. The van der Waals surface area contributed by atoms with E-state index in [1.807, 2.05) is 60.7 Å². The Bertz CT molecular complexity index is 1570. The highest BCUT2D eigenvalue weighted by Gasteiger charge is 2.40. The van der Waals surface area contributed by atoms with Crippen molar-refractivity contribution in [3.8, 4) is 22.6 Å². The predicted molar refractivity (Wildman–Crippen MR) is 150 cm³/mol. The van der Waals surface area contributed by atoms with Gasteiger partial charge in [0.1, 0.15) is 17.6 Å². The van der Waals surface area contributed by atoms with Crippen LogP contribution in [0.5, 0.6) is 11.5 Å². The third kappa shape index (κ3) is 6.25. The lowest BCUT2D eigenvalue weighted by Crippen LogP contribution is -2.31. The van der Waals surface area contributed by atoms with Crippen LogP contribution in [0.3, 0.4) is 0 Å². The van der Waals surface area contributed by atoms with Crippen LogP contribution in [0.15, 0.2) is 97.1 Å². The van der Waals surface area contributed by atoms with Gasteiger partial charge in [-0.1, -0.05) is 72.8 Å². The summed E-state index contributed by atoms with van der Waals surface area (Å²) in [7, 11) is 1.29. The summed E-state index contributed by atoms with van der Waals surface area (Å²) in [4.78, 5) is 26.3. The fourth-order valence-electron chi connectivity index (χ4n) is 4.94. The number of hydrogen-bond donors (Lipinski definition) is 0. The lowest BCUT2D eigenvalue weighted by molar-refractivity contribution is -0.140. The van der Waals surface area contributed by atoms with Crippen LogP contribution >= 0.6 is 0 Å². The number of ether oxygens (including phenoxy) is 3. The third-order valence-electron chi connectivity index (χ3n) is 7.18. The van der Waals surface area contributed by atoms with Crippen LogP contribution in [0.1, 0.15) is 35.3 Å². The predicted octanol–water partition coefficient (Wildman–Crippen LogP) is 7.96. The molecule has 4 aromatic rings. The number of amides is 1. The van der Waals surface area contributed by atoms with Crippen molar-refractivity contribution in [1.82, 2.24) is 4.90 Å². The first kappa shape index (κ1) is 28.7. The minimum atomic E-state index is -4.60. The Morgan fingerprint density at radius 1 is 0.905 bits per heavy atom. The number of benzene rings is 4. The van der Waals surface area contributed by atoms with Crippen molar-refractivity contribution in [3.05, 3.63) is 119 Å². The summed E-state index contributed by atoms with van der Waals surface area (Å²) in [5.74, 6) is 0.0273. The van der Waals surface area contributed by atoms with E-state index in [0.717, 1.165) is 23.3 Å². The second kappa shape index (κ2) is 12.0. The van der Waals surface area contributed by atoms with Gasteiger partial charge in [0.15, 0.2) is 0 Å². The summed E-state index contributed by atoms with van der Waals surface area (Å²) in [5, 5.41) is 0. The van der Waals surface area contributed by atoms with Gasteiger partial charge in [-0.15, -0.1) is 0 Å². The number of esters is 1. The average molecular weight is 576 g/mol. The molecule has 1 saturated heterocycles. The Morgan fingerprint density at radius 2 is 1.60 bits per heavy atom. The summed E-state index contributed by atoms with van der Waals surface area (Å²) in [6.07, 6.45) is -5.83. The summed E-state index contributed by atoms with van der Waals surface area (Å²) in [5.41, 5.74) is 2.16. The highest BCUT2D eigenvalue weighted by molar-refractivity contribution is 5.76. The lowest BCUT2D eigenvalue weighted by atomic mass is 10.0. The molecule has 5 rings (SSSR count). The van der Waals surface area contributed by atoms with E-state index in [2.05, 4.69) is 0 Å². The monoisotopic (exact) mass is 575 g/mol. The number of cyclic esters (lactones) is 1. The van der Waals surface area contributed by atoms with Crippen molar-refractivity contribution in [2.75, 3.05) is 7.11 Å². The van der Waals surface area contributed by atoms with Crippen molar-refractivity contribution < 1.29 is 37.0 Å². The minimum Gasteiger partial charge on any atom is -0.469 e. The first-order valence-corrected chi connectivity index (χ1v) is 13.3. The zero-order chi connectivity index (χ0) is 29.9. The van der Waals surface area contributed by atoms with Crippen LogP contribution in [0.2, 0.25) is 0 Å². The molecule has 4 aromatic carbocycles. The Labute approximate surface area is 241 Å². The third-order valence-corrected chi connectivity index (χ3v) is 7.18. The van der Waals surface area contributed by atoms with Gasteiger partial charge in [-0.05, 0) is 47.9 Å². The molecular weight excluding hydrogens is 547 g/mol. The first-order chi connectivity index (χ1) is 20.1. The Morgan fingerprint density at radius 3 is 2.26 bits per heavy atom. The maximum Gasteiger partial charge on any atom is 0.416 e. The summed E-state index contributed by atoms with van der Waals surface area (Å²) in [6.45, 7) is 1.62. The van der Waals surface area contributed by atoms with E-state index >= 15 is 0 Å². The number of nitrogens with zero attached hydrogens (tertiary/aromatic N) is 1. The van der Waals surface area contributed by atoms with E-state index in [4.69, 9.17) is 14.2 Å². The molecule has 1 aliphatic heterocycles. The van der Waals surface area contributed by atoms with E-state index in [9.17, 15) is 22.8 Å². The van der Waals surface area contributed by atoms with Gasteiger partial charge >= 0.3 is 18.2 Å². The van der Waals surface area contributed by atoms with Crippen LogP contribution in [0.4, 0.5) is 18.0 Å². The maximum absolute atomic E-state index is 13.8. The lowest BCUT2D eigenvalue weighted by Gasteiger charge is -2.23. The second-order valence-electron chi connectivity index (χ2n) is 9.96. The van der Waals surface area contributed by atoms with Crippen LogP contribution in [0.25, 0.3) is 11.1 Å². The smallest absolute Gasteiger partial charge is 0.416 e. The molecule has 0 unspecified atom stereocenters. The molecule has 1 heterocycles. The molecule has 1 fully saturated rings. The largest absolute Gasteiger partial charge is 0.469 e. The van der Waals surface area contributed by atoms with Crippen LogP contribution in [0, 0.1) is 0 Å². The first-order valence-electron chi connectivity index (χ1n) is 13.3. The van der Waals surface area contributed by atoms with E-state index in [1.54, 1.807) is 25.1 Å². The number of hydrogen-bond acceptors (Lipinski definition) is 5. The number of carbonyl (C=O) groups is 2. The maximum atomic E-state index is 13.8. The Hall–Kier alpha value is -4.79. The van der Waals surface area contributed by atoms with Crippen molar-refractivity contribution in [1.29, 1.82) is 0 Å². The number of methoxy groups -OCH3 is 1. The van der Waals surface area contributed by atoms with Crippen LogP contribution < -0.4 is 4.74 Å². The normalized spacial score (nSPS) is 16.7. The molecular formula is C33H28F3NO5. The zero-order valence-electron chi connectivity index (χ0n) is 22.9. The molecule has 0 saturated carbocycles. The van der Waals surface area contributed by atoms with Crippen molar-refractivity contribution in [3.63, 3.8) is 0 Å². The second-order valence-corrected chi connectivity index (χ2v) is 9.96. The fourth-order valence-corrected chi connectivity index (χ4v) is 4.94. The average Bonchev–Trinajstić information content (AvgIpc) is 3.27. The molecule has 0 spiro atoms. The van der Waals surface area contributed by atoms with E-state index < -0.39 is 35.9 Å². The van der Waals surface area contributed by atoms with Gasteiger partial charge < -0.3 is 14.2 Å². The molecule has 42 heavy (non-hydrogen) atoms. The molecule has 216 valence electrons. The number of carbonyl (C=O) groups excluding carboxylic acids is 2. The minimum absolute atomic E-state index is 0.0141. The molecule has 0 N–H and O–H groups in total. The van der Waals surface area contributed by atoms with Crippen LogP contribution in [-0.4, -0.2) is 30.1 Å². The standard InChI is InChI=1S/C33H28F3NO5/c1-21-31(24-11-7-4-8-12-24)42-32(39)37(21)20-25-19-26(33(34,35)36)14-16-28(25)41-29-17-22(18-30(38)40-2)13-15-27(29)23-9-5-3-6-10-23/h3-17,19,21,31H,18,20H2,1-2H3/t21-,31-/m1/s1. The van der Waals surface area contributed by atoms with Gasteiger partial charge in [0.05, 0.1) is 31.7 Å². The molecule has 6 nitrogen and oxygen atoms in total.